The number of aromatic nitrogens is 2. The van der Waals surface area contributed by atoms with E-state index in [1.54, 1.807) is 18.2 Å². The maximum Gasteiger partial charge on any atom is 0.299 e. The number of ketones is 1. The van der Waals surface area contributed by atoms with Crippen LogP contribution in [0.15, 0.2) is 107 Å². The Hall–Kier alpha value is -4.58. The molecule has 0 aliphatic carbocycles. The van der Waals surface area contributed by atoms with Gasteiger partial charge in [0.05, 0.1) is 17.8 Å². The second-order valence-electron chi connectivity index (χ2n) is 7.64. The zero-order chi connectivity index (χ0) is 22.8. The van der Waals surface area contributed by atoms with E-state index in [0.29, 0.717) is 22.2 Å². The highest BCUT2D eigenvalue weighted by Crippen LogP contribution is 2.24. The second-order valence-corrected chi connectivity index (χ2v) is 7.64. The van der Waals surface area contributed by atoms with Crippen molar-refractivity contribution in [2.45, 2.75) is 6.54 Å². The first kappa shape index (κ1) is 20.3. The molecular weight excluding hydrogens is 414 g/mol. The van der Waals surface area contributed by atoms with Crippen molar-refractivity contribution < 1.29 is 10.0 Å². The van der Waals surface area contributed by atoms with Crippen LogP contribution < -0.4 is 11.0 Å². The van der Waals surface area contributed by atoms with Gasteiger partial charge in [0, 0.05) is 16.5 Å². The molecule has 0 atom stereocenters. The first-order chi connectivity index (χ1) is 16.2. The summed E-state index contributed by atoms with van der Waals surface area (Å²) < 4.78 is 1.32. The SMILES string of the molecule is O=C(Cn1c(=O)/c(=N\O)nc(-c2ccccc2)c2ccccc21)c1ccc2ccccc2c1. The van der Waals surface area contributed by atoms with Gasteiger partial charge in [-0.25, -0.2) is 4.98 Å². The van der Waals surface area contributed by atoms with Crippen LogP contribution in [-0.4, -0.2) is 20.5 Å². The molecule has 0 radical (unpaired) electrons. The average molecular weight is 433 g/mol. The summed E-state index contributed by atoms with van der Waals surface area (Å²) in [5.74, 6) is -0.232. The van der Waals surface area contributed by atoms with Gasteiger partial charge >= 0.3 is 0 Å². The predicted molar refractivity (Wildman–Crippen MR) is 127 cm³/mol. The van der Waals surface area contributed by atoms with Crippen LogP contribution in [0.5, 0.6) is 0 Å². The minimum atomic E-state index is -0.648. The first-order valence-electron chi connectivity index (χ1n) is 10.4. The Morgan fingerprint density at radius 1 is 0.848 bits per heavy atom. The summed E-state index contributed by atoms with van der Waals surface area (Å²) >= 11 is 0. The van der Waals surface area contributed by atoms with Crippen molar-refractivity contribution in [1.29, 1.82) is 0 Å². The van der Waals surface area contributed by atoms with Crippen LogP contribution in [0, 0.1) is 0 Å². The van der Waals surface area contributed by atoms with Gasteiger partial charge in [0.1, 0.15) is 0 Å². The Balaban J connectivity index is 1.72. The lowest BCUT2D eigenvalue weighted by atomic mass is 10.0. The number of hydrogen-bond acceptors (Lipinski definition) is 5. The largest absolute Gasteiger partial charge is 0.409 e. The average Bonchev–Trinajstić information content (AvgIpc) is 2.99. The van der Waals surface area contributed by atoms with Crippen molar-refractivity contribution in [3.05, 3.63) is 118 Å². The molecule has 0 aliphatic rings. The molecule has 0 saturated carbocycles. The van der Waals surface area contributed by atoms with Crippen LogP contribution >= 0.6 is 0 Å². The number of Topliss-reactive ketones (excluding diaryl/α,β-unsaturated/α-hetero) is 1. The normalized spacial score (nSPS) is 11.7. The Kier molecular flexibility index (Phi) is 5.24. The highest BCUT2D eigenvalue weighted by atomic mass is 16.4. The number of hydrogen-bond donors (Lipinski definition) is 1. The number of carbonyl (C=O) groups excluding carboxylic acids is 1. The molecule has 0 amide bonds. The quantitative estimate of drug-likeness (QED) is 0.259. The fourth-order valence-electron chi connectivity index (χ4n) is 3.99. The van der Waals surface area contributed by atoms with Gasteiger partial charge in [0.15, 0.2) is 5.78 Å². The molecule has 6 heteroatoms. The molecule has 33 heavy (non-hydrogen) atoms. The molecule has 1 heterocycles. The van der Waals surface area contributed by atoms with E-state index in [2.05, 4.69) is 10.1 Å². The standard InChI is InChI=1S/C27H19N3O3/c31-24(21-15-14-18-8-4-5-11-20(18)16-21)17-30-23-13-7-6-12-22(23)25(19-9-2-1-3-10-19)28-26(29-33)27(30)32/h1-16,33H,17H2/b29-26+. The summed E-state index contributed by atoms with van der Waals surface area (Å²) in [4.78, 5) is 30.9. The van der Waals surface area contributed by atoms with Crippen LogP contribution in [0.1, 0.15) is 10.4 Å². The van der Waals surface area contributed by atoms with E-state index in [0.717, 1.165) is 16.3 Å². The van der Waals surface area contributed by atoms with E-state index in [4.69, 9.17) is 0 Å². The number of rotatable bonds is 4. The molecule has 1 N–H and O–H groups in total. The van der Waals surface area contributed by atoms with Crippen molar-refractivity contribution in [3.63, 3.8) is 0 Å². The van der Waals surface area contributed by atoms with Crippen molar-refractivity contribution >= 4 is 27.5 Å². The molecule has 0 fully saturated rings. The summed E-state index contributed by atoms with van der Waals surface area (Å²) in [5.41, 5.74) is 1.25. The third-order valence-electron chi connectivity index (χ3n) is 5.62. The third-order valence-corrected chi connectivity index (χ3v) is 5.62. The van der Waals surface area contributed by atoms with E-state index in [1.165, 1.54) is 4.57 Å². The number of carbonyl (C=O) groups is 1. The minimum Gasteiger partial charge on any atom is -0.409 e. The summed E-state index contributed by atoms with van der Waals surface area (Å²) in [6.07, 6.45) is 0. The summed E-state index contributed by atoms with van der Waals surface area (Å²) in [5, 5.41) is 15.4. The Labute approximate surface area is 188 Å². The van der Waals surface area contributed by atoms with Crippen LogP contribution in [0.3, 0.4) is 0 Å². The Bertz CT molecular complexity index is 1640. The molecule has 5 aromatic rings. The lowest BCUT2D eigenvalue weighted by Gasteiger charge is -2.08. The Morgan fingerprint density at radius 2 is 1.55 bits per heavy atom. The fraction of sp³-hybridized carbons (Fsp3) is 0.0370. The monoisotopic (exact) mass is 433 g/mol. The summed E-state index contributed by atoms with van der Waals surface area (Å²) in [7, 11) is 0. The van der Waals surface area contributed by atoms with E-state index < -0.39 is 5.56 Å². The zero-order valence-corrected chi connectivity index (χ0v) is 17.6. The van der Waals surface area contributed by atoms with Gasteiger partial charge in [0.25, 0.3) is 11.0 Å². The second kappa shape index (κ2) is 8.51. The van der Waals surface area contributed by atoms with E-state index in [9.17, 15) is 14.8 Å². The molecule has 0 unspecified atom stereocenters. The van der Waals surface area contributed by atoms with E-state index >= 15 is 0 Å². The summed E-state index contributed by atoms with van der Waals surface area (Å²) in [6, 6.07) is 29.8. The van der Waals surface area contributed by atoms with Crippen LogP contribution in [0.25, 0.3) is 32.9 Å². The van der Waals surface area contributed by atoms with Gasteiger partial charge in [-0.05, 0) is 22.9 Å². The fourth-order valence-corrected chi connectivity index (χ4v) is 3.99. The third kappa shape index (κ3) is 3.78. The minimum absolute atomic E-state index is 0.217. The van der Waals surface area contributed by atoms with Gasteiger partial charge in [-0.15, -0.1) is 0 Å². The predicted octanol–water partition coefficient (Wildman–Crippen LogP) is 4.39. The van der Waals surface area contributed by atoms with Crippen molar-refractivity contribution in [1.82, 2.24) is 9.55 Å². The molecule has 5 rings (SSSR count). The van der Waals surface area contributed by atoms with Crippen molar-refractivity contribution in [2.75, 3.05) is 0 Å². The topological polar surface area (TPSA) is 84.5 Å². The van der Waals surface area contributed by atoms with Crippen LogP contribution in [-0.2, 0) is 6.54 Å². The smallest absolute Gasteiger partial charge is 0.299 e. The van der Waals surface area contributed by atoms with Gasteiger partial charge < -0.3 is 5.21 Å². The molecule has 6 nitrogen and oxygen atoms in total. The molecule has 1 aromatic heterocycles. The zero-order valence-electron chi connectivity index (χ0n) is 17.6. The molecule has 4 aromatic carbocycles. The summed E-state index contributed by atoms with van der Waals surface area (Å²) in [6.45, 7) is -0.217. The van der Waals surface area contributed by atoms with Gasteiger partial charge in [-0.3, -0.25) is 14.2 Å². The van der Waals surface area contributed by atoms with Crippen molar-refractivity contribution in [2.24, 2.45) is 5.16 Å². The van der Waals surface area contributed by atoms with Crippen molar-refractivity contribution in [3.8, 4) is 11.3 Å². The molecule has 160 valence electrons. The van der Waals surface area contributed by atoms with Crippen LogP contribution in [0.4, 0.5) is 0 Å². The molecule has 0 saturated heterocycles. The number of nitrogens with zero attached hydrogens (tertiary/aromatic N) is 3. The lowest BCUT2D eigenvalue weighted by Crippen LogP contribution is -2.36. The highest BCUT2D eigenvalue weighted by molar-refractivity contribution is 6.00. The maximum absolute atomic E-state index is 13.3. The number of fused-ring (bicyclic) bond motifs is 2. The molecular formula is C27H19N3O3. The van der Waals surface area contributed by atoms with E-state index in [1.807, 2.05) is 78.9 Å². The lowest BCUT2D eigenvalue weighted by molar-refractivity contribution is 0.0972. The van der Waals surface area contributed by atoms with Gasteiger partial charge in [0.2, 0.25) is 0 Å². The van der Waals surface area contributed by atoms with Crippen LogP contribution in [0.2, 0.25) is 0 Å². The molecule has 0 aliphatic heterocycles. The molecule has 0 spiro atoms. The Morgan fingerprint density at radius 3 is 2.33 bits per heavy atom. The van der Waals surface area contributed by atoms with E-state index in [-0.39, 0.29) is 17.8 Å². The number of benzene rings is 4. The number of para-hydroxylation sites is 1. The van der Waals surface area contributed by atoms with Gasteiger partial charge in [-0.1, -0.05) is 90.1 Å². The highest BCUT2D eigenvalue weighted by Gasteiger charge is 2.15. The molecule has 0 bridgehead atoms. The first-order valence-corrected chi connectivity index (χ1v) is 10.4. The maximum atomic E-state index is 13.3. The van der Waals surface area contributed by atoms with Gasteiger partial charge in [-0.2, -0.15) is 0 Å².